The quantitative estimate of drug-likeness (QED) is 0.656. The number of H-pyrrole nitrogens is 1. The largest absolute Gasteiger partial charge is 0.368 e. The normalized spacial score (nSPS) is 21.6. The summed E-state index contributed by atoms with van der Waals surface area (Å²) in [5.74, 6) is 0. The van der Waals surface area contributed by atoms with Gasteiger partial charge in [0.2, 0.25) is 0 Å². The van der Waals surface area contributed by atoms with E-state index in [1.807, 2.05) is 6.20 Å². The molecule has 3 aliphatic rings. The third kappa shape index (κ3) is 3.86. The number of amides is 2. The molecule has 0 bridgehead atoms. The number of nitrogens with zero attached hydrogens (tertiary/aromatic N) is 4. The van der Waals surface area contributed by atoms with Crippen molar-refractivity contribution in [2.75, 3.05) is 55.6 Å². The first kappa shape index (κ1) is 20.6. The van der Waals surface area contributed by atoms with Crippen LogP contribution in [0.1, 0.15) is 24.8 Å². The summed E-state index contributed by atoms with van der Waals surface area (Å²) in [4.78, 5) is 26.2. The number of hydrogen-bond donors (Lipinski definition) is 1. The Bertz CT molecular complexity index is 1130. The van der Waals surface area contributed by atoms with Crippen molar-refractivity contribution in [3.8, 4) is 0 Å². The second-order valence-electron chi connectivity index (χ2n) is 9.67. The number of anilines is 2. The van der Waals surface area contributed by atoms with Gasteiger partial charge in [-0.15, -0.1) is 0 Å². The zero-order valence-corrected chi connectivity index (χ0v) is 19.2. The Kier molecular flexibility index (Phi) is 5.46. The number of rotatable bonds is 3. The van der Waals surface area contributed by atoms with Crippen LogP contribution >= 0.6 is 0 Å². The van der Waals surface area contributed by atoms with Gasteiger partial charge in [-0.2, -0.15) is 0 Å². The number of fused-ring (bicyclic) bond motifs is 2. The average Bonchev–Trinajstić information content (AvgIpc) is 3.56. The summed E-state index contributed by atoms with van der Waals surface area (Å²) in [5.41, 5.74) is 4.96. The molecule has 6 rings (SSSR count). The Morgan fingerprint density at radius 1 is 0.879 bits per heavy atom. The molecule has 2 aromatic carbocycles. The summed E-state index contributed by atoms with van der Waals surface area (Å²) >= 11 is 0. The van der Waals surface area contributed by atoms with Crippen LogP contribution in [0.2, 0.25) is 0 Å². The van der Waals surface area contributed by atoms with Crippen LogP contribution in [-0.2, 0) is 6.42 Å². The molecule has 3 aromatic rings. The van der Waals surface area contributed by atoms with Crippen LogP contribution in [0.4, 0.5) is 16.2 Å². The SMILES string of the molecule is O=C(N1CCCC1)N1c2ccccc2CCC1CN1CCN(c2cccc3[nH]ccc23)CC1. The molecule has 0 aliphatic carbocycles. The maximum atomic E-state index is 13.6. The first-order chi connectivity index (χ1) is 16.3. The molecule has 6 heteroatoms. The van der Waals surface area contributed by atoms with Gasteiger partial charge >= 0.3 is 6.03 Å². The molecule has 3 aliphatic heterocycles. The number of urea groups is 1. The molecule has 1 aromatic heterocycles. The second-order valence-corrected chi connectivity index (χ2v) is 9.67. The van der Waals surface area contributed by atoms with Crippen LogP contribution in [-0.4, -0.2) is 72.7 Å². The molecule has 1 N–H and O–H groups in total. The summed E-state index contributed by atoms with van der Waals surface area (Å²) in [6, 6.07) is 17.7. The molecule has 1 atom stereocenters. The first-order valence-electron chi connectivity index (χ1n) is 12.5. The van der Waals surface area contributed by atoms with Gasteiger partial charge in [0, 0.05) is 74.3 Å². The van der Waals surface area contributed by atoms with E-state index in [0.29, 0.717) is 0 Å². The predicted molar refractivity (Wildman–Crippen MR) is 134 cm³/mol. The Labute approximate surface area is 195 Å². The number of aromatic nitrogens is 1. The van der Waals surface area contributed by atoms with E-state index in [1.54, 1.807) is 0 Å². The van der Waals surface area contributed by atoms with Gasteiger partial charge in [-0.05, 0) is 55.5 Å². The molecule has 0 spiro atoms. The van der Waals surface area contributed by atoms with Crippen LogP contribution in [0.5, 0.6) is 0 Å². The topological polar surface area (TPSA) is 45.8 Å². The zero-order chi connectivity index (χ0) is 22.2. The number of para-hydroxylation sites is 1. The lowest BCUT2D eigenvalue weighted by molar-refractivity contribution is 0.200. The third-order valence-electron chi connectivity index (χ3n) is 7.70. The first-order valence-corrected chi connectivity index (χ1v) is 12.5. The van der Waals surface area contributed by atoms with Gasteiger partial charge in [-0.3, -0.25) is 9.80 Å². The van der Waals surface area contributed by atoms with E-state index in [-0.39, 0.29) is 12.1 Å². The lowest BCUT2D eigenvalue weighted by Crippen LogP contribution is -2.56. The van der Waals surface area contributed by atoms with Gasteiger partial charge in [0.1, 0.15) is 0 Å². The minimum atomic E-state index is 0.211. The fourth-order valence-corrected chi connectivity index (χ4v) is 5.91. The van der Waals surface area contributed by atoms with Crippen molar-refractivity contribution in [2.45, 2.75) is 31.7 Å². The van der Waals surface area contributed by atoms with Crippen molar-refractivity contribution in [3.05, 3.63) is 60.3 Å². The molecule has 172 valence electrons. The third-order valence-corrected chi connectivity index (χ3v) is 7.70. The molecule has 6 nitrogen and oxygen atoms in total. The summed E-state index contributed by atoms with van der Waals surface area (Å²) in [5, 5.41) is 1.30. The highest BCUT2D eigenvalue weighted by atomic mass is 16.2. The number of benzene rings is 2. The van der Waals surface area contributed by atoms with Crippen molar-refractivity contribution >= 4 is 28.3 Å². The number of aromatic amines is 1. The van der Waals surface area contributed by atoms with Crippen LogP contribution < -0.4 is 9.80 Å². The van der Waals surface area contributed by atoms with Crippen molar-refractivity contribution in [3.63, 3.8) is 0 Å². The minimum absolute atomic E-state index is 0.211. The molecule has 2 fully saturated rings. The summed E-state index contributed by atoms with van der Waals surface area (Å²) in [6.45, 7) is 6.86. The van der Waals surface area contributed by atoms with Crippen molar-refractivity contribution in [2.24, 2.45) is 0 Å². The van der Waals surface area contributed by atoms with Crippen LogP contribution in [0, 0.1) is 0 Å². The van der Waals surface area contributed by atoms with Crippen molar-refractivity contribution < 1.29 is 4.79 Å². The standard InChI is InChI=1S/C27H33N5O/c33-27(31-14-3-4-15-31)32-22(11-10-21-6-1-2-8-25(21)32)20-29-16-18-30(19-17-29)26-9-5-7-24-23(26)12-13-28-24/h1-2,5-9,12-13,22,28H,3-4,10-11,14-20H2. The maximum absolute atomic E-state index is 13.6. The number of carbonyl (C=O) groups is 1. The van der Waals surface area contributed by atoms with Crippen molar-refractivity contribution in [1.82, 2.24) is 14.8 Å². The van der Waals surface area contributed by atoms with Crippen LogP contribution in [0.3, 0.4) is 0 Å². The molecular formula is C27H33N5O. The van der Waals surface area contributed by atoms with Gasteiger partial charge in [-0.25, -0.2) is 4.79 Å². The molecule has 0 saturated carbocycles. The number of piperazine rings is 1. The predicted octanol–water partition coefficient (Wildman–Crippen LogP) is 4.33. The van der Waals surface area contributed by atoms with Crippen molar-refractivity contribution in [1.29, 1.82) is 0 Å². The zero-order valence-electron chi connectivity index (χ0n) is 19.2. The van der Waals surface area contributed by atoms with Gasteiger partial charge in [0.25, 0.3) is 0 Å². The van der Waals surface area contributed by atoms with Gasteiger partial charge in [-0.1, -0.05) is 24.3 Å². The Balaban J connectivity index is 1.17. The number of aryl methyl sites for hydroxylation is 1. The fourth-order valence-electron chi connectivity index (χ4n) is 5.91. The van der Waals surface area contributed by atoms with E-state index in [0.717, 1.165) is 77.2 Å². The Morgan fingerprint density at radius 2 is 1.67 bits per heavy atom. The molecule has 2 amide bonds. The van der Waals surface area contributed by atoms with E-state index in [1.165, 1.54) is 22.2 Å². The molecule has 2 saturated heterocycles. The van der Waals surface area contributed by atoms with Gasteiger partial charge in [0.05, 0.1) is 6.04 Å². The minimum Gasteiger partial charge on any atom is -0.368 e. The average molecular weight is 444 g/mol. The molecule has 0 radical (unpaired) electrons. The maximum Gasteiger partial charge on any atom is 0.324 e. The molecular weight excluding hydrogens is 410 g/mol. The van der Waals surface area contributed by atoms with Crippen LogP contribution in [0.25, 0.3) is 10.9 Å². The fraction of sp³-hybridized carbons (Fsp3) is 0.444. The summed E-state index contributed by atoms with van der Waals surface area (Å²) < 4.78 is 0. The monoisotopic (exact) mass is 443 g/mol. The highest BCUT2D eigenvalue weighted by molar-refractivity contribution is 5.94. The van der Waals surface area contributed by atoms with Crippen LogP contribution in [0.15, 0.2) is 54.7 Å². The summed E-state index contributed by atoms with van der Waals surface area (Å²) in [6.07, 6.45) is 6.38. The molecule has 4 heterocycles. The Morgan fingerprint density at radius 3 is 2.52 bits per heavy atom. The Hall–Kier alpha value is -2.99. The highest BCUT2D eigenvalue weighted by Gasteiger charge is 2.35. The number of nitrogens with one attached hydrogen (secondary N) is 1. The summed E-state index contributed by atoms with van der Waals surface area (Å²) in [7, 11) is 0. The lowest BCUT2D eigenvalue weighted by atomic mass is 9.95. The number of hydrogen-bond acceptors (Lipinski definition) is 3. The lowest BCUT2D eigenvalue weighted by Gasteiger charge is -2.43. The second kappa shape index (κ2) is 8.75. The van der Waals surface area contributed by atoms with E-state index in [2.05, 4.69) is 73.1 Å². The highest BCUT2D eigenvalue weighted by Crippen LogP contribution is 2.33. The number of likely N-dealkylation sites (tertiary alicyclic amines) is 1. The molecule has 33 heavy (non-hydrogen) atoms. The van der Waals surface area contributed by atoms with E-state index in [4.69, 9.17) is 0 Å². The van der Waals surface area contributed by atoms with E-state index < -0.39 is 0 Å². The van der Waals surface area contributed by atoms with E-state index in [9.17, 15) is 4.79 Å². The smallest absolute Gasteiger partial charge is 0.324 e. The van der Waals surface area contributed by atoms with Gasteiger partial charge in [0.15, 0.2) is 0 Å². The number of carbonyl (C=O) groups excluding carboxylic acids is 1. The van der Waals surface area contributed by atoms with E-state index >= 15 is 0 Å². The van der Waals surface area contributed by atoms with Gasteiger partial charge < -0.3 is 14.8 Å². The molecule has 1 unspecified atom stereocenters.